The van der Waals surface area contributed by atoms with Crippen LogP contribution < -0.4 is 0 Å². The minimum Gasteiger partial charge on any atom is -0.481 e. The minimum absolute atomic E-state index is 0.440. The van der Waals surface area contributed by atoms with E-state index >= 15 is 0 Å². The Balaban J connectivity index is 2.37. The molecule has 1 N–H and O–H groups in total. The minimum atomic E-state index is -1.04. The van der Waals surface area contributed by atoms with Crippen molar-refractivity contribution in [2.24, 2.45) is 0 Å². The lowest BCUT2D eigenvalue weighted by Gasteiger charge is -2.14. The van der Waals surface area contributed by atoms with E-state index < -0.39 is 11.4 Å². The molecule has 0 aliphatic rings. The number of aromatic nitrogens is 3. The standard InChI is InChI=1S/C13H15N3O2/c1-9-4-6-10(7-5-9)16-8-11(14-15-16)13(2,3)12(17)18/h4-8H,1-3H3,(H,17,18). The van der Waals surface area contributed by atoms with Gasteiger partial charge in [-0.05, 0) is 32.9 Å². The lowest BCUT2D eigenvalue weighted by atomic mass is 9.90. The molecule has 0 unspecified atom stereocenters. The third-order valence-corrected chi connectivity index (χ3v) is 2.97. The molecule has 1 aromatic carbocycles. The zero-order valence-corrected chi connectivity index (χ0v) is 10.6. The second-order valence-corrected chi connectivity index (χ2v) is 4.81. The molecule has 0 bridgehead atoms. The van der Waals surface area contributed by atoms with Gasteiger partial charge in [-0.3, -0.25) is 4.79 Å². The normalized spacial score (nSPS) is 11.5. The summed E-state index contributed by atoms with van der Waals surface area (Å²) in [7, 11) is 0. The number of hydrogen-bond donors (Lipinski definition) is 1. The van der Waals surface area contributed by atoms with Gasteiger partial charge < -0.3 is 5.11 Å². The molecular weight excluding hydrogens is 230 g/mol. The van der Waals surface area contributed by atoms with E-state index in [2.05, 4.69) is 10.3 Å². The fourth-order valence-corrected chi connectivity index (χ4v) is 1.48. The van der Waals surface area contributed by atoms with Crippen molar-refractivity contribution in [3.63, 3.8) is 0 Å². The molecule has 0 aliphatic heterocycles. The van der Waals surface area contributed by atoms with E-state index in [9.17, 15) is 4.79 Å². The zero-order chi connectivity index (χ0) is 13.3. The van der Waals surface area contributed by atoms with Gasteiger partial charge in [-0.15, -0.1) is 5.10 Å². The van der Waals surface area contributed by atoms with Crippen molar-refractivity contribution >= 4 is 5.97 Å². The van der Waals surface area contributed by atoms with Crippen molar-refractivity contribution in [2.45, 2.75) is 26.2 Å². The molecule has 0 spiro atoms. The van der Waals surface area contributed by atoms with Crippen molar-refractivity contribution in [2.75, 3.05) is 0 Å². The van der Waals surface area contributed by atoms with Gasteiger partial charge in [-0.1, -0.05) is 22.9 Å². The fourth-order valence-electron chi connectivity index (χ4n) is 1.48. The molecule has 1 heterocycles. The van der Waals surface area contributed by atoms with E-state index in [0.29, 0.717) is 5.69 Å². The predicted molar refractivity (Wildman–Crippen MR) is 66.8 cm³/mol. The summed E-state index contributed by atoms with van der Waals surface area (Å²) in [5.74, 6) is -0.918. The molecular formula is C13H15N3O2. The molecule has 0 radical (unpaired) electrons. The topological polar surface area (TPSA) is 68.0 Å². The van der Waals surface area contributed by atoms with Crippen molar-refractivity contribution in [1.29, 1.82) is 0 Å². The Hall–Kier alpha value is -2.17. The van der Waals surface area contributed by atoms with Crippen LogP contribution in [0.15, 0.2) is 30.5 Å². The summed E-state index contributed by atoms with van der Waals surface area (Å²) in [6.07, 6.45) is 1.65. The summed E-state index contributed by atoms with van der Waals surface area (Å²) in [6.45, 7) is 5.22. The van der Waals surface area contributed by atoms with Crippen LogP contribution in [0.1, 0.15) is 25.1 Å². The molecule has 1 aromatic heterocycles. The van der Waals surface area contributed by atoms with Crippen LogP contribution in [0.4, 0.5) is 0 Å². The molecule has 18 heavy (non-hydrogen) atoms. The molecule has 0 aliphatic carbocycles. The highest BCUT2D eigenvalue weighted by Crippen LogP contribution is 2.21. The molecule has 0 saturated heterocycles. The van der Waals surface area contributed by atoms with Gasteiger partial charge in [0.25, 0.3) is 0 Å². The highest BCUT2D eigenvalue weighted by molar-refractivity contribution is 5.79. The van der Waals surface area contributed by atoms with Gasteiger partial charge in [0.15, 0.2) is 0 Å². The lowest BCUT2D eigenvalue weighted by molar-refractivity contribution is -0.142. The van der Waals surface area contributed by atoms with Crippen LogP contribution in [-0.4, -0.2) is 26.1 Å². The van der Waals surface area contributed by atoms with Gasteiger partial charge >= 0.3 is 5.97 Å². The lowest BCUT2D eigenvalue weighted by Crippen LogP contribution is -2.28. The van der Waals surface area contributed by atoms with Gasteiger partial charge in [0, 0.05) is 0 Å². The van der Waals surface area contributed by atoms with E-state index in [-0.39, 0.29) is 0 Å². The molecule has 0 amide bonds. The van der Waals surface area contributed by atoms with Crippen molar-refractivity contribution in [3.05, 3.63) is 41.7 Å². The maximum Gasteiger partial charge on any atom is 0.315 e. The Morgan fingerprint density at radius 1 is 1.28 bits per heavy atom. The third-order valence-electron chi connectivity index (χ3n) is 2.97. The molecule has 0 atom stereocenters. The van der Waals surface area contributed by atoms with E-state index in [1.807, 2.05) is 31.2 Å². The third kappa shape index (κ3) is 2.11. The van der Waals surface area contributed by atoms with Gasteiger partial charge in [-0.25, -0.2) is 4.68 Å². The number of carboxylic acid groups (broad SMARTS) is 1. The summed E-state index contributed by atoms with van der Waals surface area (Å²) in [4.78, 5) is 11.1. The van der Waals surface area contributed by atoms with Gasteiger partial charge in [-0.2, -0.15) is 0 Å². The summed E-state index contributed by atoms with van der Waals surface area (Å²) >= 11 is 0. The molecule has 0 fully saturated rings. The average molecular weight is 245 g/mol. The number of aryl methyl sites for hydroxylation is 1. The molecule has 94 valence electrons. The van der Waals surface area contributed by atoms with Crippen LogP contribution in [0.25, 0.3) is 5.69 Å². The summed E-state index contributed by atoms with van der Waals surface area (Å²) in [6, 6.07) is 7.78. The summed E-state index contributed by atoms with van der Waals surface area (Å²) in [5.41, 5.74) is 1.42. The molecule has 2 rings (SSSR count). The highest BCUT2D eigenvalue weighted by Gasteiger charge is 2.32. The van der Waals surface area contributed by atoms with Gasteiger partial charge in [0.05, 0.1) is 17.6 Å². The van der Waals surface area contributed by atoms with Gasteiger partial charge in [0.1, 0.15) is 5.41 Å². The Kier molecular flexibility index (Phi) is 2.90. The van der Waals surface area contributed by atoms with Crippen molar-refractivity contribution in [1.82, 2.24) is 15.0 Å². The van der Waals surface area contributed by atoms with Crippen molar-refractivity contribution < 1.29 is 9.90 Å². The number of nitrogens with zero attached hydrogens (tertiary/aromatic N) is 3. The van der Waals surface area contributed by atoms with Crippen LogP contribution in [0, 0.1) is 6.92 Å². The highest BCUT2D eigenvalue weighted by atomic mass is 16.4. The first-order valence-electron chi connectivity index (χ1n) is 5.64. The molecule has 5 heteroatoms. The Labute approximate surface area is 105 Å². The number of rotatable bonds is 3. The fraction of sp³-hybridized carbons (Fsp3) is 0.308. The quantitative estimate of drug-likeness (QED) is 0.897. The number of aliphatic carboxylic acids is 1. The number of benzene rings is 1. The monoisotopic (exact) mass is 245 g/mol. The summed E-state index contributed by atoms with van der Waals surface area (Å²) in [5, 5.41) is 17.0. The van der Waals surface area contributed by atoms with E-state index in [4.69, 9.17) is 5.11 Å². The first kappa shape index (κ1) is 12.3. The molecule has 0 saturated carbocycles. The van der Waals surface area contributed by atoms with Crippen LogP contribution in [-0.2, 0) is 10.2 Å². The van der Waals surface area contributed by atoms with Crippen LogP contribution in [0.3, 0.4) is 0 Å². The van der Waals surface area contributed by atoms with E-state index in [1.54, 1.807) is 24.7 Å². The largest absolute Gasteiger partial charge is 0.481 e. The molecule has 2 aromatic rings. The van der Waals surface area contributed by atoms with Gasteiger partial charge in [0.2, 0.25) is 0 Å². The Morgan fingerprint density at radius 2 is 1.89 bits per heavy atom. The molecule has 5 nitrogen and oxygen atoms in total. The van der Waals surface area contributed by atoms with Crippen LogP contribution in [0.2, 0.25) is 0 Å². The van der Waals surface area contributed by atoms with Crippen LogP contribution >= 0.6 is 0 Å². The first-order chi connectivity index (χ1) is 8.41. The van der Waals surface area contributed by atoms with E-state index in [0.717, 1.165) is 11.3 Å². The number of carboxylic acids is 1. The van der Waals surface area contributed by atoms with Crippen LogP contribution in [0.5, 0.6) is 0 Å². The SMILES string of the molecule is Cc1ccc(-n2cc(C(C)(C)C(=O)O)nn2)cc1. The summed E-state index contributed by atoms with van der Waals surface area (Å²) < 4.78 is 1.58. The first-order valence-corrected chi connectivity index (χ1v) is 5.64. The maximum absolute atomic E-state index is 11.1. The van der Waals surface area contributed by atoms with Crippen molar-refractivity contribution in [3.8, 4) is 5.69 Å². The predicted octanol–water partition coefficient (Wildman–Crippen LogP) is 1.94. The average Bonchev–Trinajstić information content (AvgIpc) is 2.79. The number of carbonyl (C=O) groups is 1. The second-order valence-electron chi connectivity index (χ2n) is 4.81. The number of hydrogen-bond acceptors (Lipinski definition) is 3. The van der Waals surface area contributed by atoms with E-state index in [1.165, 1.54) is 0 Å². The Morgan fingerprint density at radius 3 is 2.44 bits per heavy atom. The smallest absolute Gasteiger partial charge is 0.315 e. The maximum atomic E-state index is 11.1. The second kappa shape index (κ2) is 4.25. The zero-order valence-electron chi connectivity index (χ0n) is 10.6. The Bertz CT molecular complexity index is 570.